The molecule has 1 nitrogen and oxygen atoms in total. The second kappa shape index (κ2) is 5.40. The highest BCUT2D eigenvalue weighted by Gasteiger charge is 2.34. The van der Waals surface area contributed by atoms with Crippen molar-refractivity contribution in [3.8, 4) is 0 Å². The Bertz CT molecular complexity index is 342. The summed E-state index contributed by atoms with van der Waals surface area (Å²) in [6.07, 6.45) is 7.29. The Morgan fingerprint density at radius 2 is 2.18 bits per heavy atom. The lowest BCUT2D eigenvalue weighted by Crippen LogP contribution is -2.33. The Hall–Kier alpha value is 0.110. The van der Waals surface area contributed by atoms with Gasteiger partial charge >= 0.3 is 0 Å². The number of nitrogens with zero attached hydrogens (tertiary/aromatic N) is 1. The zero-order valence-electron chi connectivity index (χ0n) is 10.9. The Balaban J connectivity index is 2.00. The second-order valence-corrected chi connectivity index (χ2v) is 8.47. The standard InChI is InChI=1S/C14H22BrNS/c1-14(2,3)11-4-5-13(15)10(6-11)7-12-8-16-9-17-12/h8-11,13H,4-7H2,1-3H3. The first kappa shape index (κ1) is 13.5. The third kappa shape index (κ3) is 3.54. The van der Waals surface area contributed by atoms with Crippen molar-refractivity contribution in [3.63, 3.8) is 0 Å². The molecule has 1 heterocycles. The first-order chi connectivity index (χ1) is 7.97. The van der Waals surface area contributed by atoms with Gasteiger partial charge in [0, 0.05) is 15.9 Å². The van der Waals surface area contributed by atoms with E-state index in [1.54, 1.807) is 11.3 Å². The van der Waals surface area contributed by atoms with Gasteiger partial charge in [0.25, 0.3) is 0 Å². The van der Waals surface area contributed by atoms with Gasteiger partial charge in [-0.25, -0.2) is 0 Å². The highest BCUT2D eigenvalue weighted by atomic mass is 79.9. The molecule has 0 spiro atoms. The average molecular weight is 316 g/mol. The van der Waals surface area contributed by atoms with E-state index >= 15 is 0 Å². The maximum Gasteiger partial charge on any atom is 0.0794 e. The predicted octanol–water partition coefficient (Wildman–Crippen LogP) is 4.91. The zero-order chi connectivity index (χ0) is 12.5. The summed E-state index contributed by atoms with van der Waals surface area (Å²) in [4.78, 5) is 6.32. The third-order valence-corrected chi connectivity index (χ3v) is 6.07. The van der Waals surface area contributed by atoms with Crippen LogP contribution in [0.4, 0.5) is 0 Å². The van der Waals surface area contributed by atoms with Gasteiger partial charge in [0.05, 0.1) is 5.51 Å². The average Bonchev–Trinajstić information content (AvgIpc) is 2.72. The number of rotatable bonds is 2. The van der Waals surface area contributed by atoms with Crippen molar-refractivity contribution >= 4 is 27.3 Å². The largest absolute Gasteiger partial charge is 0.253 e. The highest BCUT2D eigenvalue weighted by Crippen LogP contribution is 2.43. The fourth-order valence-electron chi connectivity index (χ4n) is 2.83. The molecule has 1 aromatic rings. The van der Waals surface area contributed by atoms with Crippen LogP contribution in [0.1, 0.15) is 44.9 Å². The minimum absolute atomic E-state index is 0.457. The molecule has 96 valence electrons. The van der Waals surface area contributed by atoms with E-state index in [0.717, 1.165) is 11.8 Å². The van der Waals surface area contributed by atoms with Crippen LogP contribution in [0.3, 0.4) is 0 Å². The minimum Gasteiger partial charge on any atom is -0.253 e. The molecule has 1 aromatic heterocycles. The molecule has 0 radical (unpaired) electrons. The Kier molecular flexibility index (Phi) is 4.30. The molecular weight excluding hydrogens is 294 g/mol. The molecule has 1 fully saturated rings. The van der Waals surface area contributed by atoms with E-state index in [4.69, 9.17) is 0 Å². The molecule has 0 bridgehead atoms. The van der Waals surface area contributed by atoms with Crippen LogP contribution in [0.15, 0.2) is 11.7 Å². The smallest absolute Gasteiger partial charge is 0.0794 e. The van der Waals surface area contributed by atoms with Crippen LogP contribution < -0.4 is 0 Å². The highest BCUT2D eigenvalue weighted by molar-refractivity contribution is 9.09. The molecule has 0 amide bonds. The molecular formula is C14H22BrNS. The molecule has 2 rings (SSSR count). The fraction of sp³-hybridized carbons (Fsp3) is 0.786. The van der Waals surface area contributed by atoms with Crippen LogP contribution in [-0.4, -0.2) is 9.81 Å². The van der Waals surface area contributed by atoms with Crippen molar-refractivity contribution in [3.05, 3.63) is 16.6 Å². The lowest BCUT2D eigenvalue weighted by atomic mass is 9.68. The van der Waals surface area contributed by atoms with E-state index in [-0.39, 0.29) is 0 Å². The van der Waals surface area contributed by atoms with Gasteiger partial charge in [-0.3, -0.25) is 4.98 Å². The maximum atomic E-state index is 4.18. The molecule has 1 saturated carbocycles. The molecule has 3 atom stereocenters. The number of hydrogen-bond acceptors (Lipinski definition) is 2. The van der Waals surface area contributed by atoms with Crippen molar-refractivity contribution in [2.24, 2.45) is 17.3 Å². The van der Waals surface area contributed by atoms with Gasteiger partial charge in [0.1, 0.15) is 0 Å². The van der Waals surface area contributed by atoms with Crippen LogP contribution >= 0.6 is 27.3 Å². The number of alkyl halides is 1. The van der Waals surface area contributed by atoms with Crippen LogP contribution in [0.5, 0.6) is 0 Å². The Labute approximate surface area is 117 Å². The van der Waals surface area contributed by atoms with Crippen molar-refractivity contribution in [2.45, 2.75) is 51.3 Å². The summed E-state index contributed by atoms with van der Waals surface area (Å²) in [5, 5.41) is 0. The molecule has 0 saturated heterocycles. The van der Waals surface area contributed by atoms with Crippen LogP contribution in [0.2, 0.25) is 0 Å². The molecule has 0 N–H and O–H groups in total. The molecule has 17 heavy (non-hydrogen) atoms. The van der Waals surface area contributed by atoms with Gasteiger partial charge in [-0.15, -0.1) is 11.3 Å². The quantitative estimate of drug-likeness (QED) is 0.706. The van der Waals surface area contributed by atoms with Gasteiger partial charge in [0.2, 0.25) is 0 Å². The van der Waals surface area contributed by atoms with E-state index in [1.165, 1.54) is 30.6 Å². The summed E-state index contributed by atoms with van der Waals surface area (Å²) >= 11 is 5.67. The Morgan fingerprint density at radius 1 is 1.41 bits per heavy atom. The predicted molar refractivity (Wildman–Crippen MR) is 78.8 cm³/mol. The summed E-state index contributed by atoms with van der Waals surface area (Å²) < 4.78 is 0. The SMILES string of the molecule is CC(C)(C)C1CCC(Br)C(Cc2cncs2)C1. The number of halogens is 1. The third-order valence-electron chi connectivity index (χ3n) is 4.06. The molecule has 1 aliphatic carbocycles. The zero-order valence-corrected chi connectivity index (χ0v) is 13.4. The van der Waals surface area contributed by atoms with Crippen LogP contribution in [-0.2, 0) is 6.42 Å². The Morgan fingerprint density at radius 3 is 2.76 bits per heavy atom. The minimum atomic E-state index is 0.457. The van der Waals surface area contributed by atoms with Crippen molar-refractivity contribution in [1.82, 2.24) is 4.98 Å². The molecule has 0 aliphatic heterocycles. The van der Waals surface area contributed by atoms with E-state index in [1.807, 2.05) is 11.7 Å². The summed E-state index contributed by atoms with van der Waals surface area (Å²) in [6, 6.07) is 0. The van der Waals surface area contributed by atoms with E-state index in [2.05, 4.69) is 41.7 Å². The van der Waals surface area contributed by atoms with Crippen LogP contribution in [0, 0.1) is 17.3 Å². The molecule has 3 heteroatoms. The van der Waals surface area contributed by atoms with E-state index in [0.29, 0.717) is 10.2 Å². The van der Waals surface area contributed by atoms with Crippen molar-refractivity contribution in [1.29, 1.82) is 0 Å². The van der Waals surface area contributed by atoms with Gasteiger partial charge in [0.15, 0.2) is 0 Å². The van der Waals surface area contributed by atoms with E-state index in [9.17, 15) is 0 Å². The molecule has 3 unspecified atom stereocenters. The normalized spacial score (nSPS) is 30.5. The van der Waals surface area contributed by atoms with E-state index < -0.39 is 0 Å². The van der Waals surface area contributed by atoms with Gasteiger partial charge < -0.3 is 0 Å². The number of thiazole rings is 1. The maximum absolute atomic E-state index is 4.18. The lowest BCUT2D eigenvalue weighted by molar-refractivity contribution is 0.147. The van der Waals surface area contributed by atoms with Gasteiger partial charge in [-0.1, -0.05) is 36.7 Å². The van der Waals surface area contributed by atoms with Crippen molar-refractivity contribution in [2.75, 3.05) is 0 Å². The summed E-state index contributed by atoms with van der Waals surface area (Å²) in [5.74, 6) is 1.66. The van der Waals surface area contributed by atoms with Crippen molar-refractivity contribution < 1.29 is 0 Å². The summed E-state index contributed by atoms with van der Waals surface area (Å²) in [5.41, 5.74) is 2.40. The topological polar surface area (TPSA) is 12.9 Å². The first-order valence-corrected chi connectivity index (χ1v) is 8.28. The summed E-state index contributed by atoms with van der Waals surface area (Å²) in [7, 11) is 0. The number of aromatic nitrogens is 1. The van der Waals surface area contributed by atoms with Gasteiger partial charge in [-0.05, 0) is 42.9 Å². The fourth-order valence-corrected chi connectivity index (χ4v) is 4.18. The summed E-state index contributed by atoms with van der Waals surface area (Å²) in [6.45, 7) is 7.15. The molecule has 1 aliphatic rings. The molecule has 0 aromatic carbocycles. The first-order valence-electron chi connectivity index (χ1n) is 6.48. The second-order valence-electron chi connectivity index (χ2n) is 6.32. The van der Waals surface area contributed by atoms with Crippen LogP contribution in [0.25, 0.3) is 0 Å². The van der Waals surface area contributed by atoms with Gasteiger partial charge in [-0.2, -0.15) is 0 Å². The lowest BCUT2D eigenvalue weighted by Gasteiger charge is -2.40. The monoisotopic (exact) mass is 315 g/mol. The number of hydrogen-bond donors (Lipinski definition) is 0.